The number of aryl methyl sites for hydroxylation is 1. The summed E-state index contributed by atoms with van der Waals surface area (Å²) in [6.07, 6.45) is 3.75. The van der Waals surface area contributed by atoms with Gasteiger partial charge in [-0.1, -0.05) is 87.0 Å². The van der Waals surface area contributed by atoms with Crippen molar-refractivity contribution >= 4 is 27.3 Å². The summed E-state index contributed by atoms with van der Waals surface area (Å²) in [5.74, 6) is 2.87. The minimum atomic E-state index is 0. The second-order valence-corrected chi connectivity index (χ2v) is 11.8. The summed E-state index contributed by atoms with van der Waals surface area (Å²) in [6, 6.07) is 35.4. The smallest absolute Gasteiger partial charge is 0.503 e. The number of hydrogen-bond donors (Lipinski definition) is 0. The summed E-state index contributed by atoms with van der Waals surface area (Å²) in [5.41, 5.74) is 8.02. The van der Waals surface area contributed by atoms with E-state index in [0.717, 1.165) is 38.6 Å². The van der Waals surface area contributed by atoms with Gasteiger partial charge < -0.3 is 13.9 Å². The molecule has 0 fully saturated rings. The molecule has 5 nitrogen and oxygen atoms in total. The fourth-order valence-corrected chi connectivity index (χ4v) is 5.97. The van der Waals surface area contributed by atoms with E-state index in [9.17, 15) is 0 Å². The molecule has 0 saturated heterocycles. The Morgan fingerprint density at radius 2 is 1.38 bits per heavy atom. The van der Waals surface area contributed by atoms with E-state index in [2.05, 4.69) is 97.7 Å². The molecule has 0 aliphatic rings. The molecule has 3 aromatic heterocycles. The Labute approximate surface area is 278 Å². The molecule has 3 heterocycles. The van der Waals surface area contributed by atoms with Gasteiger partial charge in [-0.05, 0) is 53.0 Å². The molecule has 45 heavy (non-hydrogen) atoms. The number of fused-ring (bicyclic) bond motifs is 6. The van der Waals surface area contributed by atoms with Crippen LogP contribution in [0.1, 0.15) is 56.2 Å². The van der Waals surface area contributed by atoms with Gasteiger partial charge in [0.05, 0.1) is 11.3 Å². The van der Waals surface area contributed by atoms with Gasteiger partial charge in [0.15, 0.2) is 0 Å². The summed E-state index contributed by atoms with van der Waals surface area (Å²) in [6.45, 7) is 11.0. The molecule has 0 aliphatic carbocycles. The van der Waals surface area contributed by atoms with Crippen LogP contribution in [0.15, 0.2) is 97.3 Å². The van der Waals surface area contributed by atoms with Crippen molar-refractivity contribution in [3.63, 3.8) is 0 Å². The van der Waals surface area contributed by atoms with E-state index < -0.39 is 0 Å². The molecule has 0 radical (unpaired) electrons. The molecule has 0 atom stereocenters. The first-order valence-electron chi connectivity index (χ1n) is 15.1. The number of para-hydroxylation sites is 1. The third kappa shape index (κ3) is 5.73. The van der Waals surface area contributed by atoms with Gasteiger partial charge >= 0.3 is 21.1 Å². The van der Waals surface area contributed by atoms with E-state index in [1.807, 2.05) is 49.5 Å². The number of benzene rings is 4. The number of imidazole rings is 1. The molecule has 7 rings (SSSR count). The predicted octanol–water partition coefficient (Wildman–Crippen LogP) is 10.4. The summed E-state index contributed by atoms with van der Waals surface area (Å²) < 4.78 is 14.5. The van der Waals surface area contributed by atoms with Crippen LogP contribution in [0.5, 0.6) is 23.1 Å². The van der Waals surface area contributed by atoms with Crippen molar-refractivity contribution < 1.29 is 30.5 Å². The topological polar surface area (TPSA) is 48.7 Å². The maximum atomic E-state index is 6.29. The number of aromatic nitrogens is 3. The van der Waals surface area contributed by atoms with Gasteiger partial charge in [-0.2, -0.15) is 6.07 Å². The van der Waals surface area contributed by atoms with E-state index in [1.54, 1.807) is 6.20 Å². The molecule has 6 heteroatoms. The van der Waals surface area contributed by atoms with Crippen molar-refractivity contribution in [1.29, 1.82) is 0 Å². The minimum absolute atomic E-state index is 0. The normalized spacial score (nSPS) is 11.4. The third-order valence-corrected chi connectivity index (χ3v) is 8.03. The molecule has 0 amide bonds. The SMILES string of the molecule is Cc1ccnc(Oc2[c-]c(Oc3[c-]c4c(cc3)c3ccccc3n3c(-c5c(C(C)C)cccc5C(C)C)cnc43)ccc2)c1.[Pt+2]. The molecular weight excluding hydrogens is 738 g/mol. The van der Waals surface area contributed by atoms with Gasteiger partial charge in [-0.3, -0.25) is 4.98 Å². The molecule has 226 valence electrons. The first-order chi connectivity index (χ1) is 21.4. The fourth-order valence-electron chi connectivity index (χ4n) is 5.97. The fraction of sp³-hybridized carbons (Fsp3) is 0.179. The van der Waals surface area contributed by atoms with E-state index in [-0.39, 0.29) is 21.1 Å². The van der Waals surface area contributed by atoms with Crippen molar-refractivity contribution in [3.8, 4) is 34.4 Å². The van der Waals surface area contributed by atoms with Gasteiger partial charge in [0.2, 0.25) is 5.88 Å². The van der Waals surface area contributed by atoms with Crippen LogP contribution in [-0.4, -0.2) is 14.4 Å². The van der Waals surface area contributed by atoms with Crippen molar-refractivity contribution in [2.24, 2.45) is 0 Å². The Morgan fingerprint density at radius 1 is 0.689 bits per heavy atom. The van der Waals surface area contributed by atoms with E-state index in [1.165, 1.54) is 16.7 Å². The zero-order chi connectivity index (χ0) is 30.4. The molecule has 0 bridgehead atoms. The molecule has 0 spiro atoms. The largest absolute Gasteiger partial charge is 2.00 e. The Morgan fingerprint density at radius 3 is 2.11 bits per heavy atom. The quantitative estimate of drug-likeness (QED) is 0.120. The maximum Gasteiger partial charge on any atom is 2.00 e. The van der Waals surface area contributed by atoms with Crippen LogP contribution < -0.4 is 9.47 Å². The van der Waals surface area contributed by atoms with Gasteiger partial charge in [0, 0.05) is 46.8 Å². The van der Waals surface area contributed by atoms with Gasteiger partial charge in [0.1, 0.15) is 0 Å². The molecule has 0 aliphatic heterocycles. The van der Waals surface area contributed by atoms with Crippen molar-refractivity contribution in [1.82, 2.24) is 14.4 Å². The number of ether oxygens (including phenoxy) is 2. The van der Waals surface area contributed by atoms with Gasteiger partial charge in [0.25, 0.3) is 0 Å². The summed E-state index contributed by atoms with van der Waals surface area (Å²) >= 11 is 0. The summed E-state index contributed by atoms with van der Waals surface area (Å²) in [4.78, 5) is 9.32. The second-order valence-electron chi connectivity index (χ2n) is 11.8. The standard InChI is InChI=1S/C39H33N3O2.Pt/c1-24(2)30-13-9-14-31(25(3)4)38(30)36-23-41-39-34-22-29(16-17-32(34)33-12-6-7-15-35(33)42(36)39)43-27-10-8-11-28(21-27)44-37-20-26(5)18-19-40-37;/h6-20,23-25H,1-5H3;/q-2;+2. The molecular formula is C39H33N3O2Pt. The van der Waals surface area contributed by atoms with E-state index in [0.29, 0.717) is 35.0 Å². The molecule has 4 aromatic carbocycles. The van der Waals surface area contributed by atoms with Crippen LogP contribution in [0.2, 0.25) is 0 Å². The van der Waals surface area contributed by atoms with Crippen LogP contribution >= 0.6 is 0 Å². The van der Waals surface area contributed by atoms with Crippen LogP contribution in [0.3, 0.4) is 0 Å². The Kier molecular flexibility index (Phi) is 8.48. The monoisotopic (exact) mass is 770 g/mol. The zero-order valence-electron chi connectivity index (χ0n) is 25.9. The molecule has 0 saturated carbocycles. The summed E-state index contributed by atoms with van der Waals surface area (Å²) in [5, 5.41) is 3.11. The maximum absolute atomic E-state index is 6.29. The van der Waals surface area contributed by atoms with Crippen LogP contribution in [0.4, 0.5) is 0 Å². The second kappa shape index (κ2) is 12.5. The van der Waals surface area contributed by atoms with Gasteiger partial charge in [-0.25, -0.2) is 4.98 Å². The van der Waals surface area contributed by atoms with Crippen LogP contribution in [0.25, 0.3) is 38.6 Å². The third-order valence-electron chi connectivity index (χ3n) is 8.03. The van der Waals surface area contributed by atoms with E-state index in [4.69, 9.17) is 14.5 Å². The number of pyridine rings is 2. The average Bonchev–Trinajstić information content (AvgIpc) is 3.46. The first kappa shape index (κ1) is 30.6. The average molecular weight is 771 g/mol. The van der Waals surface area contributed by atoms with Crippen molar-refractivity contribution in [2.45, 2.75) is 46.5 Å². The molecule has 0 unspecified atom stereocenters. The molecule has 0 N–H and O–H groups in total. The predicted molar refractivity (Wildman–Crippen MR) is 177 cm³/mol. The van der Waals surface area contributed by atoms with E-state index >= 15 is 0 Å². The number of hydrogen-bond acceptors (Lipinski definition) is 4. The Bertz CT molecular complexity index is 2140. The van der Waals surface area contributed by atoms with Crippen molar-refractivity contribution in [3.05, 3.63) is 126 Å². The Hall–Kier alpha value is -4.47. The number of rotatable bonds is 7. The first-order valence-corrected chi connectivity index (χ1v) is 15.1. The Balaban J connectivity index is 0.00000357. The minimum Gasteiger partial charge on any atom is -0.503 e. The zero-order valence-corrected chi connectivity index (χ0v) is 28.1. The number of nitrogens with zero attached hydrogens (tertiary/aromatic N) is 3. The van der Waals surface area contributed by atoms with Gasteiger partial charge in [-0.15, -0.1) is 24.3 Å². The van der Waals surface area contributed by atoms with Crippen molar-refractivity contribution in [2.75, 3.05) is 0 Å². The van der Waals surface area contributed by atoms with Crippen LogP contribution in [0, 0.1) is 19.1 Å². The van der Waals surface area contributed by atoms with Crippen LogP contribution in [-0.2, 0) is 21.1 Å². The summed E-state index contributed by atoms with van der Waals surface area (Å²) in [7, 11) is 0. The molecule has 7 aromatic rings.